The number of anilines is 1. The molecule has 1 aromatic carbocycles. The van der Waals surface area contributed by atoms with Crippen molar-refractivity contribution in [1.29, 1.82) is 0 Å². The van der Waals surface area contributed by atoms with Crippen molar-refractivity contribution in [1.82, 2.24) is 5.32 Å². The Kier molecular flexibility index (Phi) is 4.71. The molecule has 0 aliphatic rings. The number of hydrogen-bond donors (Lipinski definition) is 3. The van der Waals surface area contributed by atoms with Crippen LogP contribution in [0.25, 0.3) is 0 Å². The average Bonchev–Trinajstić information content (AvgIpc) is 2.21. The highest BCUT2D eigenvalue weighted by atomic mass is 35.5. The van der Waals surface area contributed by atoms with Crippen LogP contribution in [0.2, 0.25) is 5.02 Å². The minimum absolute atomic E-state index is 0.0257. The topological polar surface area (TPSA) is 78.4 Å². The Bertz CT molecular complexity index is 440. The van der Waals surface area contributed by atoms with Crippen LogP contribution < -0.4 is 10.6 Å². The molecule has 7 heteroatoms. The number of halogens is 2. The van der Waals surface area contributed by atoms with Gasteiger partial charge in [-0.2, -0.15) is 0 Å². The maximum Gasteiger partial charge on any atom is 0.319 e. The standard InChI is InChI=1S/C10H10ClFN2O3/c11-6-1-2-8(7(12)5-6)14-10(17)13-4-3-9(15)16/h1-2,5H,3-4H2,(H,15,16)(H2,13,14,17). The molecule has 1 aromatic rings. The van der Waals surface area contributed by atoms with Gasteiger partial charge in [-0.05, 0) is 18.2 Å². The first kappa shape index (κ1) is 13.2. The molecule has 2 amide bonds. The molecule has 0 heterocycles. The van der Waals surface area contributed by atoms with Crippen LogP contribution in [0.5, 0.6) is 0 Å². The van der Waals surface area contributed by atoms with Crippen LogP contribution >= 0.6 is 11.6 Å². The normalized spacial score (nSPS) is 9.76. The fourth-order valence-corrected chi connectivity index (χ4v) is 1.20. The van der Waals surface area contributed by atoms with E-state index in [4.69, 9.17) is 16.7 Å². The second-order valence-electron chi connectivity index (χ2n) is 3.15. The molecule has 3 N–H and O–H groups in total. The average molecular weight is 261 g/mol. The molecule has 0 radical (unpaired) electrons. The van der Waals surface area contributed by atoms with E-state index in [1.54, 1.807) is 0 Å². The molecule has 5 nitrogen and oxygen atoms in total. The van der Waals surface area contributed by atoms with Gasteiger partial charge in [0.05, 0.1) is 12.1 Å². The summed E-state index contributed by atoms with van der Waals surface area (Å²) < 4.78 is 13.2. The summed E-state index contributed by atoms with van der Waals surface area (Å²) in [5, 5.41) is 13.1. The number of urea groups is 1. The summed E-state index contributed by atoms with van der Waals surface area (Å²) in [6.45, 7) is -0.0314. The Morgan fingerprint density at radius 3 is 2.71 bits per heavy atom. The van der Waals surface area contributed by atoms with Gasteiger partial charge in [-0.3, -0.25) is 4.79 Å². The van der Waals surface area contributed by atoms with Gasteiger partial charge in [-0.15, -0.1) is 0 Å². The number of carboxylic acid groups (broad SMARTS) is 1. The van der Waals surface area contributed by atoms with E-state index < -0.39 is 17.8 Å². The van der Waals surface area contributed by atoms with Crippen molar-refractivity contribution in [2.75, 3.05) is 11.9 Å². The Hall–Kier alpha value is -1.82. The third-order valence-electron chi connectivity index (χ3n) is 1.80. The van der Waals surface area contributed by atoms with E-state index >= 15 is 0 Å². The van der Waals surface area contributed by atoms with Crippen molar-refractivity contribution in [3.05, 3.63) is 29.0 Å². The van der Waals surface area contributed by atoms with Gasteiger partial charge in [0, 0.05) is 11.6 Å². The minimum Gasteiger partial charge on any atom is -0.481 e. The van der Waals surface area contributed by atoms with Gasteiger partial charge in [-0.25, -0.2) is 9.18 Å². The lowest BCUT2D eigenvalue weighted by molar-refractivity contribution is -0.136. The van der Waals surface area contributed by atoms with Crippen LogP contribution in [0.1, 0.15) is 6.42 Å². The maximum atomic E-state index is 13.2. The smallest absolute Gasteiger partial charge is 0.319 e. The lowest BCUT2D eigenvalue weighted by Crippen LogP contribution is -2.30. The van der Waals surface area contributed by atoms with Crippen molar-refractivity contribution in [2.45, 2.75) is 6.42 Å². The molecule has 0 fully saturated rings. The molecule has 0 saturated heterocycles. The van der Waals surface area contributed by atoms with Gasteiger partial charge in [0.1, 0.15) is 5.82 Å². The molecule has 0 aliphatic heterocycles. The number of rotatable bonds is 4. The summed E-state index contributed by atoms with van der Waals surface area (Å²) in [6.07, 6.45) is -0.198. The van der Waals surface area contributed by atoms with Gasteiger partial charge in [0.2, 0.25) is 0 Å². The number of aliphatic carboxylic acids is 1. The minimum atomic E-state index is -1.03. The summed E-state index contributed by atoms with van der Waals surface area (Å²) >= 11 is 5.54. The van der Waals surface area contributed by atoms with Crippen molar-refractivity contribution in [2.24, 2.45) is 0 Å². The fourth-order valence-electron chi connectivity index (χ4n) is 1.04. The van der Waals surface area contributed by atoms with Gasteiger partial charge < -0.3 is 15.7 Å². The number of carbonyl (C=O) groups is 2. The van der Waals surface area contributed by atoms with E-state index in [-0.39, 0.29) is 23.7 Å². The molecular formula is C10H10ClFN2O3. The molecule has 0 saturated carbocycles. The van der Waals surface area contributed by atoms with Gasteiger partial charge in [0.15, 0.2) is 0 Å². The predicted octanol–water partition coefficient (Wildman–Crippen LogP) is 2.08. The van der Waals surface area contributed by atoms with E-state index in [2.05, 4.69) is 10.6 Å². The number of hydrogen-bond acceptors (Lipinski definition) is 2. The molecule has 0 aliphatic carbocycles. The third kappa shape index (κ3) is 4.69. The zero-order chi connectivity index (χ0) is 12.8. The largest absolute Gasteiger partial charge is 0.481 e. The molecular weight excluding hydrogens is 251 g/mol. The van der Waals surface area contributed by atoms with Crippen LogP contribution in [0, 0.1) is 5.82 Å². The number of benzene rings is 1. The molecule has 0 unspecified atom stereocenters. The first-order valence-corrected chi connectivity index (χ1v) is 5.08. The zero-order valence-electron chi connectivity index (χ0n) is 8.67. The highest BCUT2D eigenvalue weighted by Crippen LogP contribution is 2.18. The molecule has 92 valence electrons. The van der Waals surface area contributed by atoms with Crippen LogP contribution in [0.4, 0.5) is 14.9 Å². The summed E-state index contributed by atoms with van der Waals surface area (Å²) in [5.74, 6) is -1.69. The Labute approximate surface area is 102 Å². The van der Waals surface area contributed by atoms with Crippen LogP contribution in [0.3, 0.4) is 0 Å². The van der Waals surface area contributed by atoms with E-state index in [0.717, 1.165) is 6.07 Å². The SMILES string of the molecule is O=C(O)CCNC(=O)Nc1ccc(Cl)cc1F. The summed E-state index contributed by atoms with van der Waals surface area (Å²) in [7, 11) is 0. The lowest BCUT2D eigenvalue weighted by atomic mass is 10.3. The Balaban J connectivity index is 2.48. The highest BCUT2D eigenvalue weighted by molar-refractivity contribution is 6.30. The summed E-state index contributed by atoms with van der Waals surface area (Å²) in [4.78, 5) is 21.4. The summed E-state index contributed by atoms with van der Waals surface area (Å²) in [5.41, 5.74) is -0.0257. The highest BCUT2D eigenvalue weighted by Gasteiger charge is 2.07. The van der Waals surface area contributed by atoms with Gasteiger partial charge >= 0.3 is 12.0 Å². The van der Waals surface area contributed by atoms with Gasteiger partial charge in [-0.1, -0.05) is 11.6 Å². The van der Waals surface area contributed by atoms with E-state index in [1.807, 2.05) is 0 Å². The van der Waals surface area contributed by atoms with Crippen molar-refractivity contribution < 1.29 is 19.1 Å². The number of carbonyl (C=O) groups excluding carboxylic acids is 1. The molecule has 17 heavy (non-hydrogen) atoms. The van der Waals surface area contributed by atoms with E-state index in [0.29, 0.717) is 0 Å². The maximum absolute atomic E-state index is 13.2. The zero-order valence-corrected chi connectivity index (χ0v) is 9.42. The predicted molar refractivity (Wildman–Crippen MR) is 60.7 cm³/mol. The van der Waals surface area contributed by atoms with E-state index in [9.17, 15) is 14.0 Å². The lowest BCUT2D eigenvalue weighted by Gasteiger charge is -2.07. The molecule has 0 atom stereocenters. The number of nitrogens with one attached hydrogen (secondary N) is 2. The van der Waals surface area contributed by atoms with E-state index in [1.165, 1.54) is 12.1 Å². The fraction of sp³-hybridized carbons (Fsp3) is 0.200. The second kappa shape index (κ2) is 6.05. The quantitative estimate of drug-likeness (QED) is 0.775. The monoisotopic (exact) mass is 260 g/mol. The number of carboxylic acids is 1. The first-order chi connectivity index (χ1) is 7.99. The second-order valence-corrected chi connectivity index (χ2v) is 3.59. The molecule has 0 aromatic heterocycles. The Morgan fingerprint density at radius 2 is 2.12 bits per heavy atom. The molecule has 0 spiro atoms. The van der Waals surface area contributed by atoms with Crippen LogP contribution in [0.15, 0.2) is 18.2 Å². The van der Waals surface area contributed by atoms with Crippen molar-refractivity contribution in [3.63, 3.8) is 0 Å². The Morgan fingerprint density at radius 1 is 1.41 bits per heavy atom. The first-order valence-electron chi connectivity index (χ1n) is 4.70. The summed E-state index contributed by atoms with van der Waals surface area (Å²) in [6, 6.07) is 3.13. The molecule has 0 bridgehead atoms. The third-order valence-corrected chi connectivity index (χ3v) is 2.04. The van der Waals surface area contributed by atoms with Gasteiger partial charge in [0.25, 0.3) is 0 Å². The van der Waals surface area contributed by atoms with Crippen molar-refractivity contribution >= 4 is 29.3 Å². The van der Waals surface area contributed by atoms with Crippen molar-refractivity contribution in [3.8, 4) is 0 Å². The van der Waals surface area contributed by atoms with Crippen LogP contribution in [-0.4, -0.2) is 23.7 Å². The number of amides is 2. The van der Waals surface area contributed by atoms with Crippen LogP contribution in [-0.2, 0) is 4.79 Å². The molecule has 1 rings (SSSR count).